The third-order valence-electron chi connectivity index (χ3n) is 5.67. The molecule has 2 atom stereocenters. The molecule has 0 aromatic carbocycles. The molecule has 0 aromatic rings. The Morgan fingerprint density at radius 1 is 0.583 bits per heavy atom. The summed E-state index contributed by atoms with van der Waals surface area (Å²) >= 11 is 0. The Kier molecular flexibility index (Phi) is 33.5. The van der Waals surface area contributed by atoms with E-state index < -0.39 is 12.6 Å². The second-order valence-corrected chi connectivity index (χ2v) is 9.28. The van der Waals surface area contributed by atoms with E-state index in [1.165, 1.54) is 51.4 Å². The predicted octanol–water partition coefficient (Wildman–Crippen LogP) is 0.643. The first-order valence-electron chi connectivity index (χ1n) is 13.7. The quantitative estimate of drug-likeness (QED) is 0.103. The van der Waals surface area contributed by atoms with E-state index in [4.69, 9.17) is 28.4 Å². The molecule has 0 rings (SSSR count). The summed E-state index contributed by atoms with van der Waals surface area (Å²) in [6, 6.07) is 0. The van der Waals surface area contributed by atoms with E-state index in [0.717, 1.165) is 24.9 Å². The third kappa shape index (κ3) is 32.3. The molecule has 0 aliphatic rings. The van der Waals surface area contributed by atoms with Crippen molar-refractivity contribution in [1.82, 2.24) is 0 Å². The molecule has 0 aliphatic heterocycles. The Morgan fingerprint density at radius 2 is 0.972 bits per heavy atom. The summed E-state index contributed by atoms with van der Waals surface area (Å²) in [6.45, 7) is 12.2. The number of carboxylic acid groups (broad SMARTS) is 1. The Balaban J connectivity index is 0. The largest absolute Gasteiger partial charge is 1.00 e. The van der Waals surface area contributed by atoms with Crippen LogP contribution in [-0.4, -0.2) is 85.3 Å². The molecule has 0 fully saturated rings. The van der Waals surface area contributed by atoms with Crippen LogP contribution in [0, 0.1) is 11.8 Å². The molecule has 0 N–H and O–H groups in total. The van der Waals surface area contributed by atoms with E-state index in [2.05, 4.69) is 20.8 Å². The zero-order valence-corrected chi connectivity index (χ0v) is 25.8. The van der Waals surface area contributed by atoms with Gasteiger partial charge in [-0.3, -0.25) is 0 Å². The molecule has 36 heavy (non-hydrogen) atoms. The fourth-order valence-electron chi connectivity index (χ4n) is 3.79. The van der Waals surface area contributed by atoms with Gasteiger partial charge >= 0.3 is 29.6 Å². The molecule has 0 amide bonds. The molecule has 0 aliphatic carbocycles. The molecular weight excluding hydrogens is 475 g/mol. The summed E-state index contributed by atoms with van der Waals surface area (Å²) in [5, 5.41) is 10.1. The van der Waals surface area contributed by atoms with Crippen LogP contribution < -0.4 is 34.7 Å². The van der Waals surface area contributed by atoms with Crippen LogP contribution in [0.4, 0.5) is 0 Å². The maximum atomic E-state index is 10.1. The van der Waals surface area contributed by atoms with Crippen LogP contribution in [0.5, 0.6) is 0 Å². The molecule has 0 bridgehead atoms. The first-order valence-corrected chi connectivity index (χ1v) is 13.7. The number of rotatable bonds is 29. The Labute approximate surface area is 242 Å². The van der Waals surface area contributed by atoms with Crippen LogP contribution in [0.15, 0.2) is 0 Å². The fraction of sp³-hybridized carbons (Fsp3) is 0.963. The number of hydrogen-bond acceptors (Lipinski definition) is 8. The van der Waals surface area contributed by atoms with Gasteiger partial charge in [-0.1, -0.05) is 65.7 Å². The predicted molar refractivity (Wildman–Crippen MR) is 135 cm³/mol. The topological polar surface area (TPSA) is 95.5 Å². The van der Waals surface area contributed by atoms with Crippen molar-refractivity contribution in [2.24, 2.45) is 11.8 Å². The van der Waals surface area contributed by atoms with Gasteiger partial charge in [0.25, 0.3) is 0 Å². The van der Waals surface area contributed by atoms with Gasteiger partial charge in [0.2, 0.25) is 0 Å². The van der Waals surface area contributed by atoms with E-state index in [-0.39, 0.29) is 36.2 Å². The number of carbonyl (C=O) groups excluding carboxylic acids is 1. The summed E-state index contributed by atoms with van der Waals surface area (Å²) < 4.78 is 32.0. The first kappa shape index (κ1) is 38.4. The van der Waals surface area contributed by atoms with Gasteiger partial charge in [-0.15, -0.1) is 0 Å². The zero-order valence-electron chi connectivity index (χ0n) is 23.8. The van der Waals surface area contributed by atoms with Crippen molar-refractivity contribution in [3.8, 4) is 0 Å². The minimum Gasteiger partial charge on any atom is -0.548 e. The van der Waals surface area contributed by atoms with Crippen LogP contribution in [0.1, 0.15) is 78.6 Å². The van der Waals surface area contributed by atoms with Gasteiger partial charge in [0.1, 0.15) is 0 Å². The van der Waals surface area contributed by atoms with Gasteiger partial charge in [-0.2, -0.15) is 0 Å². The molecule has 0 heterocycles. The van der Waals surface area contributed by atoms with Crippen LogP contribution in [0.25, 0.3) is 0 Å². The Hall–Kier alpha value is 0.230. The molecule has 0 saturated heterocycles. The van der Waals surface area contributed by atoms with Crippen molar-refractivity contribution in [2.45, 2.75) is 78.6 Å². The average Bonchev–Trinajstić information content (AvgIpc) is 2.82. The molecule has 0 aromatic heterocycles. The van der Waals surface area contributed by atoms with E-state index in [1.807, 2.05) is 0 Å². The van der Waals surface area contributed by atoms with Crippen molar-refractivity contribution in [1.29, 1.82) is 0 Å². The SMILES string of the molecule is CCCCCCC(C)CC(C)CCCCOCCOCCOCCOCCOCCOCC(=O)[O-].[Na+]. The van der Waals surface area contributed by atoms with Gasteiger partial charge in [0.05, 0.1) is 78.6 Å². The summed E-state index contributed by atoms with van der Waals surface area (Å²) in [6.07, 6.45) is 11.9. The smallest absolute Gasteiger partial charge is 0.548 e. The number of carbonyl (C=O) groups is 1. The second-order valence-electron chi connectivity index (χ2n) is 9.28. The first-order chi connectivity index (χ1) is 17.1. The molecule has 210 valence electrons. The Bertz CT molecular complexity index is 442. The van der Waals surface area contributed by atoms with Gasteiger partial charge in [0, 0.05) is 6.61 Å². The van der Waals surface area contributed by atoms with Gasteiger partial charge in [-0.05, 0) is 24.7 Å². The maximum Gasteiger partial charge on any atom is 1.00 e. The van der Waals surface area contributed by atoms with Gasteiger partial charge < -0.3 is 38.3 Å². The monoisotopic (exact) mass is 528 g/mol. The Morgan fingerprint density at radius 3 is 1.39 bits per heavy atom. The summed E-state index contributed by atoms with van der Waals surface area (Å²) in [5.41, 5.74) is 0. The standard InChI is InChI=1S/C27H54O8.Na/c1-4-5-6-7-10-25(2)23-26(3)11-8-9-12-30-13-14-31-15-16-32-17-18-33-19-20-34-21-22-35-24-27(28)29;/h25-26H,4-24H2,1-3H3,(H,28,29);/q;+1/p-1. The second kappa shape index (κ2) is 31.4. The van der Waals surface area contributed by atoms with Crippen molar-refractivity contribution in [3.05, 3.63) is 0 Å². The van der Waals surface area contributed by atoms with Crippen molar-refractivity contribution < 1.29 is 67.9 Å². The molecule has 0 saturated carbocycles. The maximum absolute atomic E-state index is 10.1. The molecular formula is C27H53NaO8. The van der Waals surface area contributed by atoms with E-state index in [1.54, 1.807) is 0 Å². The van der Waals surface area contributed by atoms with Crippen molar-refractivity contribution in [3.63, 3.8) is 0 Å². The molecule has 0 radical (unpaired) electrons. The van der Waals surface area contributed by atoms with Crippen molar-refractivity contribution >= 4 is 5.97 Å². The van der Waals surface area contributed by atoms with Crippen LogP contribution in [-0.2, 0) is 33.2 Å². The number of unbranched alkanes of at least 4 members (excludes halogenated alkanes) is 4. The van der Waals surface area contributed by atoms with Crippen LogP contribution >= 0.6 is 0 Å². The zero-order chi connectivity index (χ0) is 25.8. The normalized spacial score (nSPS) is 12.9. The number of hydrogen-bond donors (Lipinski definition) is 0. The average molecular weight is 529 g/mol. The number of ether oxygens (including phenoxy) is 6. The molecule has 0 spiro atoms. The summed E-state index contributed by atoms with van der Waals surface area (Å²) in [7, 11) is 0. The van der Waals surface area contributed by atoms with Crippen LogP contribution in [0.2, 0.25) is 0 Å². The van der Waals surface area contributed by atoms with Gasteiger partial charge in [0.15, 0.2) is 0 Å². The number of aliphatic carboxylic acids is 1. The minimum absolute atomic E-state index is 0. The minimum atomic E-state index is -1.23. The van der Waals surface area contributed by atoms with Crippen LogP contribution in [0.3, 0.4) is 0 Å². The molecule has 8 nitrogen and oxygen atoms in total. The van der Waals surface area contributed by atoms with E-state index in [0.29, 0.717) is 59.5 Å². The van der Waals surface area contributed by atoms with Crippen molar-refractivity contribution in [2.75, 3.05) is 79.3 Å². The van der Waals surface area contributed by atoms with E-state index in [9.17, 15) is 9.90 Å². The van der Waals surface area contributed by atoms with E-state index >= 15 is 0 Å². The number of carboxylic acids is 1. The fourth-order valence-corrected chi connectivity index (χ4v) is 3.79. The van der Waals surface area contributed by atoms with Gasteiger partial charge in [-0.25, -0.2) is 0 Å². The summed E-state index contributed by atoms with van der Waals surface area (Å²) in [4.78, 5) is 10.1. The molecule has 2 unspecified atom stereocenters. The molecule has 9 heteroatoms. The summed E-state index contributed by atoms with van der Waals surface area (Å²) in [5.74, 6) is 0.439. The third-order valence-corrected chi connectivity index (χ3v) is 5.67.